The van der Waals surface area contributed by atoms with Crippen LogP contribution in [0.1, 0.15) is 28.9 Å². The standard InChI is InChI=1S/C15H14F2N2O/c1-9(18)13-4-2-3-5-14(13)19-15(20)10-6-11(16)8-12(17)7-10/h2-9H,18H2,1H3,(H,19,20). The average molecular weight is 276 g/mol. The number of para-hydroxylation sites is 1. The summed E-state index contributed by atoms with van der Waals surface area (Å²) >= 11 is 0. The normalized spacial score (nSPS) is 12.0. The summed E-state index contributed by atoms with van der Waals surface area (Å²) in [5.74, 6) is -2.18. The van der Waals surface area contributed by atoms with Crippen molar-refractivity contribution in [1.82, 2.24) is 0 Å². The molecule has 0 radical (unpaired) electrons. The fourth-order valence-corrected chi connectivity index (χ4v) is 1.89. The molecule has 0 bridgehead atoms. The van der Waals surface area contributed by atoms with Crippen molar-refractivity contribution in [2.75, 3.05) is 5.32 Å². The van der Waals surface area contributed by atoms with Gasteiger partial charge in [0, 0.05) is 23.4 Å². The van der Waals surface area contributed by atoms with E-state index >= 15 is 0 Å². The lowest BCUT2D eigenvalue weighted by Crippen LogP contribution is -2.16. The van der Waals surface area contributed by atoms with Crippen LogP contribution >= 0.6 is 0 Å². The minimum Gasteiger partial charge on any atom is -0.324 e. The van der Waals surface area contributed by atoms with Gasteiger partial charge in [-0.1, -0.05) is 18.2 Å². The Hall–Kier alpha value is -2.27. The van der Waals surface area contributed by atoms with E-state index in [9.17, 15) is 13.6 Å². The van der Waals surface area contributed by atoms with Gasteiger partial charge >= 0.3 is 0 Å². The van der Waals surface area contributed by atoms with Crippen LogP contribution in [0.2, 0.25) is 0 Å². The van der Waals surface area contributed by atoms with Gasteiger partial charge in [-0.05, 0) is 30.7 Å². The molecular formula is C15H14F2N2O. The second-order valence-electron chi connectivity index (χ2n) is 4.49. The van der Waals surface area contributed by atoms with E-state index in [1.165, 1.54) is 0 Å². The van der Waals surface area contributed by atoms with E-state index in [0.717, 1.165) is 17.7 Å². The van der Waals surface area contributed by atoms with Gasteiger partial charge in [-0.25, -0.2) is 8.78 Å². The molecule has 0 aliphatic carbocycles. The number of carbonyl (C=O) groups excluding carboxylic acids is 1. The zero-order valence-corrected chi connectivity index (χ0v) is 10.9. The fraction of sp³-hybridized carbons (Fsp3) is 0.133. The molecule has 0 aliphatic heterocycles. The number of benzene rings is 2. The summed E-state index contributed by atoms with van der Waals surface area (Å²) in [6.07, 6.45) is 0. The van der Waals surface area contributed by atoms with Crippen molar-refractivity contribution in [3.05, 3.63) is 65.2 Å². The number of anilines is 1. The summed E-state index contributed by atoms with van der Waals surface area (Å²) < 4.78 is 26.2. The molecule has 0 aromatic heterocycles. The van der Waals surface area contributed by atoms with Crippen molar-refractivity contribution in [3.63, 3.8) is 0 Å². The van der Waals surface area contributed by atoms with Crippen LogP contribution in [0, 0.1) is 11.6 Å². The molecule has 0 saturated heterocycles. The maximum atomic E-state index is 13.1. The highest BCUT2D eigenvalue weighted by molar-refractivity contribution is 6.04. The topological polar surface area (TPSA) is 55.1 Å². The largest absolute Gasteiger partial charge is 0.324 e. The molecular weight excluding hydrogens is 262 g/mol. The first-order valence-corrected chi connectivity index (χ1v) is 6.09. The van der Waals surface area contributed by atoms with Gasteiger partial charge in [-0.15, -0.1) is 0 Å². The maximum absolute atomic E-state index is 13.1. The van der Waals surface area contributed by atoms with Gasteiger partial charge in [0.05, 0.1) is 0 Å². The molecule has 2 aromatic carbocycles. The molecule has 20 heavy (non-hydrogen) atoms. The van der Waals surface area contributed by atoms with E-state index in [4.69, 9.17) is 5.73 Å². The van der Waals surface area contributed by atoms with Crippen molar-refractivity contribution in [2.45, 2.75) is 13.0 Å². The molecule has 0 fully saturated rings. The Morgan fingerprint density at radius 1 is 1.15 bits per heavy atom. The Kier molecular flexibility index (Phi) is 4.10. The molecule has 104 valence electrons. The van der Waals surface area contributed by atoms with Gasteiger partial charge in [-0.2, -0.15) is 0 Å². The van der Waals surface area contributed by atoms with Gasteiger partial charge in [0.25, 0.3) is 5.91 Å². The minimum absolute atomic E-state index is 0.0815. The van der Waals surface area contributed by atoms with Crippen LogP contribution in [0.4, 0.5) is 14.5 Å². The molecule has 0 heterocycles. The number of amides is 1. The zero-order chi connectivity index (χ0) is 14.7. The zero-order valence-electron chi connectivity index (χ0n) is 10.9. The van der Waals surface area contributed by atoms with Crippen molar-refractivity contribution in [2.24, 2.45) is 5.73 Å². The molecule has 0 aliphatic rings. The van der Waals surface area contributed by atoms with Crippen LogP contribution in [0.3, 0.4) is 0 Å². The summed E-state index contributed by atoms with van der Waals surface area (Å²) in [4.78, 5) is 12.0. The number of carbonyl (C=O) groups is 1. The lowest BCUT2D eigenvalue weighted by molar-refractivity contribution is 0.102. The molecule has 1 unspecified atom stereocenters. The van der Waals surface area contributed by atoms with Crippen molar-refractivity contribution < 1.29 is 13.6 Å². The molecule has 1 atom stereocenters. The lowest BCUT2D eigenvalue weighted by Gasteiger charge is -2.13. The molecule has 0 saturated carbocycles. The van der Waals surface area contributed by atoms with Crippen molar-refractivity contribution >= 4 is 11.6 Å². The Balaban J connectivity index is 2.28. The van der Waals surface area contributed by atoms with Crippen LogP contribution in [0.5, 0.6) is 0 Å². The van der Waals surface area contributed by atoms with Gasteiger partial charge < -0.3 is 11.1 Å². The number of hydrogen-bond donors (Lipinski definition) is 2. The van der Waals surface area contributed by atoms with Gasteiger partial charge in [0.2, 0.25) is 0 Å². The summed E-state index contributed by atoms with van der Waals surface area (Å²) in [7, 11) is 0. The van der Waals surface area contributed by atoms with Gasteiger partial charge in [0.1, 0.15) is 11.6 Å². The van der Waals surface area contributed by atoms with Crippen molar-refractivity contribution in [1.29, 1.82) is 0 Å². The second kappa shape index (κ2) is 5.79. The van der Waals surface area contributed by atoms with Crippen LogP contribution in [0.15, 0.2) is 42.5 Å². The molecule has 3 nitrogen and oxygen atoms in total. The number of rotatable bonds is 3. The monoisotopic (exact) mass is 276 g/mol. The minimum atomic E-state index is -0.796. The van der Waals surface area contributed by atoms with Gasteiger partial charge in [0.15, 0.2) is 0 Å². The highest BCUT2D eigenvalue weighted by Crippen LogP contribution is 2.21. The third kappa shape index (κ3) is 3.19. The fourth-order valence-electron chi connectivity index (χ4n) is 1.89. The summed E-state index contributed by atoms with van der Waals surface area (Å²) in [5.41, 5.74) is 7.00. The van der Waals surface area contributed by atoms with Crippen LogP contribution in [0.25, 0.3) is 0 Å². The number of nitrogens with two attached hydrogens (primary N) is 1. The summed E-state index contributed by atoms with van der Waals surface area (Å²) in [5, 5.41) is 2.61. The quantitative estimate of drug-likeness (QED) is 0.904. The van der Waals surface area contributed by atoms with Gasteiger partial charge in [-0.3, -0.25) is 4.79 Å². The van der Waals surface area contributed by atoms with E-state index in [0.29, 0.717) is 11.8 Å². The molecule has 1 amide bonds. The van der Waals surface area contributed by atoms with Crippen LogP contribution < -0.4 is 11.1 Å². The summed E-state index contributed by atoms with van der Waals surface area (Å²) in [6.45, 7) is 1.78. The Bertz CT molecular complexity index is 621. The van der Waals surface area contributed by atoms with E-state index in [2.05, 4.69) is 5.32 Å². The lowest BCUT2D eigenvalue weighted by atomic mass is 10.1. The molecule has 3 N–H and O–H groups in total. The highest BCUT2D eigenvalue weighted by atomic mass is 19.1. The SMILES string of the molecule is CC(N)c1ccccc1NC(=O)c1cc(F)cc(F)c1. The predicted molar refractivity (Wildman–Crippen MR) is 73.4 cm³/mol. The Morgan fingerprint density at radius 3 is 2.35 bits per heavy atom. The van der Waals surface area contributed by atoms with E-state index in [1.54, 1.807) is 31.2 Å². The first-order chi connectivity index (χ1) is 9.47. The van der Waals surface area contributed by atoms with E-state index < -0.39 is 17.5 Å². The smallest absolute Gasteiger partial charge is 0.255 e. The number of hydrogen-bond acceptors (Lipinski definition) is 2. The Labute approximate surface area is 115 Å². The molecule has 2 rings (SSSR count). The summed E-state index contributed by atoms with van der Waals surface area (Å²) in [6, 6.07) is 9.42. The third-order valence-corrected chi connectivity index (χ3v) is 2.82. The average Bonchev–Trinajstić information content (AvgIpc) is 2.37. The van der Waals surface area contributed by atoms with E-state index in [-0.39, 0.29) is 11.6 Å². The van der Waals surface area contributed by atoms with E-state index in [1.807, 2.05) is 0 Å². The molecule has 2 aromatic rings. The first-order valence-electron chi connectivity index (χ1n) is 6.09. The number of halogens is 2. The maximum Gasteiger partial charge on any atom is 0.255 e. The Morgan fingerprint density at radius 2 is 1.75 bits per heavy atom. The molecule has 5 heteroatoms. The second-order valence-corrected chi connectivity index (χ2v) is 4.49. The van der Waals surface area contributed by atoms with Crippen LogP contribution in [-0.2, 0) is 0 Å². The molecule has 0 spiro atoms. The third-order valence-electron chi connectivity index (χ3n) is 2.82. The highest BCUT2D eigenvalue weighted by Gasteiger charge is 2.12. The number of nitrogens with one attached hydrogen (secondary N) is 1. The predicted octanol–water partition coefficient (Wildman–Crippen LogP) is 3.24. The first kappa shape index (κ1) is 14.1. The van der Waals surface area contributed by atoms with Crippen LogP contribution in [-0.4, -0.2) is 5.91 Å². The van der Waals surface area contributed by atoms with Crippen molar-refractivity contribution in [3.8, 4) is 0 Å².